The van der Waals surface area contributed by atoms with Crippen LogP contribution in [0.3, 0.4) is 0 Å². The van der Waals surface area contributed by atoms with E-state index in [0.29, 0.717) is 25.4 Å². The zero-order chi connectivity index (χ0) is 15.2. The molecule has 20 heavy (non-hydrogen) atoms. The first-order chi connectivity index (χ1) is 9.65. The lowest BCUT2D eigenvalue weighted by atomic mass is 10.3. The Hall–Kier alpha value is -0.910. The lowest BCUT2D eigenvalue weighted by Crippen LogP contribution is -2.18. The van der Waals surface area contributed by atoms with E-state index in [0.717, 1.165) is 25.7 Å². The van der Waals surface area contributed by atoms with Gasteiger partial charge in [0.1, 0.15) is 0 Å². The van der Waals surface area contributed by atoms with Gasteiger partial charge in [-0.2, -0.15) is 0 Å². The Morgan fingerprint density at radius 3 is 2.45 bits per heavy atom. The number of unbranched alkanes of at least 4 members (excludes halogenated alkanes) is 1. The van der Waals surface area contributed by atoms with Crippen LogP contribution in [0.2, 0.25) is 0 Å². The molecule has 0 heterocycles. The molecule has 0 N–H and O–H groups in total. The second-order valence-corrected chi connectivity index (χ2v) is 4.40. The molecule has 0 aliphatic carbocycles. The molecule has 0 saturated carbocycles. The molecular weight excluding hydrogens is 260 g/mol. The average Bonchev–Trinajstić information content (AvgIpc) is 2.45. The molecule has 118 valence electrons. The van der Waals surface area contributed by atoms with Gasteiger partial charge in [-0.1, -0.05) is 19.9 Å². The van der Waals surface area contributed by atoms with Crippen molar-refractivity contribution in [2.45, 2.75) is 45.8 Å². The van der Waals surface area contributed by atoms with Crippen molar-refractivity contribution in [1.29, 1.82) is 0 Å². The minimum absolute atomic E-state index is 0.0926. The standard InChI is InChI=1S/C15H28O5/c1-5-9-14(19-6-2)20-11-8-7-10-18-12-13(3)15(16)17-4/h14H,3,5-12H2,1-2,4H3. The third kappa shape index (κ3) is 9.95. The summed E-state index contributed by atoms with van der Waals surface area (Å²) in [5.41, 5.74) is 0.336. The van der Waals surface area contributed by atoms with Crippen LogP contribution in [-0.4, -0.2) is 45.8 Å². The third-order valence-corrected chi connectivity index (χ3v) is 2.61. The van der Waals surface area contributed by atoms with E-state index in [1.54, 1.807) is 0 Å². The molecule has 0 aromatic heterocycles. The molecule has 0 saturated heterocycles. The summed E-state index contributed by atoms with van der Waals surface area (Å²) >= 11 is 0. The van der Waals surface area contributed by atoms with E-state index in [-0.39, 0.29) is 12.9 Å². The molecule has 0 rings (SSSR count). The predicted molar refractivity (Wildman–Crippen MR) is 77.5 cm³/mol. The lowest BCUT2D eigenvalue weighted by Gasteiger charge is -2.16. The van der Waals surface area contributed by atoms with Gasteiger partial charge in [-0.25, -0.2) is 4.79 Å². The van der Waals surface area contributed by atoms with Gasteiger partial charge >= 0.3 is 5.97 Å². The Morgan fingerprint density at radius 1 is 1.15 bits per heavy atom. The third-order valence-electron chi connectivity index (χ3n) is 2.61. The van der Waals surface area contributed by atoms with Crippen LogP contribution in [0.5, 0.6) is 0 Å². The highest BCUT2D eigenvalue weighted by molar-refractivity contribution is 5.87. The van der Waals surface area contributed by atoms with Crippen LogP contribution in [-0.2, 0) is 23.7 Å². The van der Waals surface area contributed by atoms with Gasteiger partial charge in [0, 0.05) is 19.8 Å². The Morgan fingerprint density at radius 2 is 1.85 bits per heavy atom. The molecule has 0 radical (unpaired) electrons. The average molecular weight is 288 g/mol. The van der Waals surface area contributed by atoms with Crippen LogP contribution in [0.25, 0.3) is 0 Å². The second-order valence-electron chi connectivity index (χ2n) is 4.40. The highest BCUT2D eigenvalue weighted by Crippen LogP contribution is 2.05. The Kier molecular flexibility index (Phi) is 12.5. The van der Waals surface area contributed by atoms with E-state index in [1.165, 1.54) is 7.11 Å². The highest BCUT2D eigenvalue weighted by Gasteiger charge is 2.07. The smallest absolute Gasteiger partial charge is 0.335 e. The van der Waals surface area contributed by atoms with Crippen molar-refractivity contribution in [2.75, 3.05) is 33.5 Å². The SMILES string of the molecule is C=C(COCCCCOC(CCC)OCC)C(=O)OC. The summed E-state index contributed by atoms with van der Waals surface area (Å²) in [4.78, 5) is 11.0. The van der Waals surface area contributed by atoms with Crippen LogP contribution >= 0.6 is 0 Å². The van der Waals surface area contributed by atoms with E-state index < -0.39 is 5.97 Å². The first-order valence-electron chi connectivity index (χ1n) is 7.22. The van der Waals surface area contributed by atoms with Crippen molar-refractivity contribution >= 4 is 5.97 Å². The summed E-state index contributed by atoms with van der Waals surface area (Å²) in [5, 5.41) is 0. The quantitative estimate of drug-likeness (QED) is 0.226. The van der Waals surface area contributed by atoms with E-state index in [1.807, 2.05) is 6.92 Å². The van der Waals surface area contributed by atoms with Gasteiger partial charge < -0.3 is 18.9 Å². The maximum absolute atomic E-state index is 11.0. The fourth-order valence-corrected chi connectivity index (χ4v) is 1.56. The lowest BCUT2D eigenvalue weighted by molar-refractivity contribution is -0.144. The fourth-order valence-electron chi connectivity index (χ4n) is 1.56. The largest absolute Gasteiger partial charge is 0.466 e. The van der Waals surface area contributed by atoms with Gasteiger partial charge in [0.15, 0.2) is 6.29 Å². The number of esters is 1. The van der Waals surface area contributed by atoms with Crippen LogP contribution in [0.4, 0.5) is 0 Å². The van der Waals surface area contributed by atoms with Gasteiger partial charge in [-0.05, 0) is 26.2 Å². The maximum Gasteiger partial charge on any atom is 0.335 e. The molecule has 0 spiro atoms. The molecule has 1 atom stereocenters. The van der Waals surface area contributed by atoms with Crippen LogP contribution in [0, 0.1) is 0 Å². The molecule has 0 aliphatic heterocycles. The van der Waals surface area contributed by atoms with Crippen LogP contribution in [0.1, 0.15) is 39.5 Å². The fraction of sp³-hybridized carbons (Fsp3) is 0.800. The van der Waals surface area contributed by atoms with Crippen LogP contribution in [0.15, 0.2) is 12.2 Å². The molecule has 1 unspecified atom stereocenters. The van der Waals surface area contributed by atoms with Crippen molar-refractivity contribution < 1.29 is 23.7 Å². The van der Waals surface area contributed by atoms with E-state index >= 15 is 0 Å². The van der Waals surface area contributed by atoms with Gasteiger partial charge in [0.25, 0.3) is 0 Å². The van der Waals surface area contributed by atoms with Gasteiger partial charge in [-0.15, -0.1) is 0 Å². The summed E-state index contributed by atoms with van der Waals surface area (Å²) in [5.74, 6) is -0.424. The normalized spacial score (nSPS) is 12.2. The Labute approximate surface area is 122 Å². The number of carbonyl (C=O) groups is 1. The molecule has 0 aromatic carbocycles. The minimum atomic E-state index is -0.424. The van der Waals surface area contributed by atoms with Crippen molar-refractivity contribution in [3.8, 4) is 0 Å². The van der Waals surface area contributed by atoms with Gasteiger partial charge in [0.05, 0.1) is 19.3 Å². The summed E-state index contributed by atoms with van der Waals surface area (Å²) in [6.07, 6.45) is 3.65. The monoisotopic (exact) mass is 288 g/mol. The number of rotatable bonds is 13. The molecule has 0 amide bonds. The summed E-state index contributed by atoms with van der Waals surface area (Å²) < 4.78 is 21.0. The molecule has 0 bridgehead atoms. The number of hydrogen-bond acceptors (Lipinski definition) is 5. The van der Waals surface area contributed by atoms with E-state index in [2.05, 4.69) is 18.2 Å². The molecule has 0 aromatic rings. The van der Waals surface area contributed by atoms with Crippen molar-refractivity contribution in [3.05, 3.63) is 12.2 Å². The van der Waals surface area contributed by atoms with Crippen molar-refractivity contribution in [1.82, 2.24) is 0 Å². The Balaban J connectivity index is 3.47. The topological polar surface area (TPSA) is 54.0 Å². The first kappa shape index (κ1) is 19.1. The molecule has 5 nitrogen and oxygen atoms in total. The number of ether oxygens (including phenoxy) is 4. The highest BCUT2D eigenvalue weighted by atomic mass is 16.7. The van der Waals surface area contributed by atoms with Gasteiger partial charge in [-0.3, -0.25) is 0 Å². The van der Waals surface area contributed by atoms with Crippen LogP contribution < -0.4 is 0 Å². The molecular formula is C15H28O5. The number of carbonyl (C=O) groups excluding carboxylic acids is 1. The Bertz CT molecular complexity index is 259. The van der Waals surface area contributed by atoms with E-state index in [9.17, 15) is 4.79 Å². The molecule has 0 aliphatic rings. The van der Waals surface area contributed by atoms with E-state index in [4.69, 9.17) is 14.2 Å². The maximum atomic E-state index is 11.0. The summed E-state index contributed by atoms with van der Waals surface area (Å²) in [7, 11) is 1.33. The molecule has 5 heteroatoms. The zero-order valence-electron chi connectivity index (χ0n) is 13.0. The summed E-state index contributed by atoms with van der Waals surface area (Å²) in [6.45, 7) is 9.78. The predicted octanol–water partition coefficient (Wildman–Crippen LogP) is 2.69. The zero-order valence-corrected chi connectivity index (χ0v) is 13.0. The van der Waals surface area contributed by atoms with Gasteiger partial charge in [0.2, 0.25) is 0 Å². The van der Waals surface area contributed by atoms with Crippen molar-refractivity contribution in [2.24, 2.45) is 0 Å². The summed E-state index contributed by atoms with van der Waals surface area (Å²) in [6, 6.07) is 0. The number of hydrogen-bond donors (Lipinski definition) is 0. The first-order valence-corrected chi connectivity index (χ1v) is 7.22. The second kappa shape index (κ2) is 13.1. The molecule has 0 fully saturated rings. The number of methoxy groups -OCH3 is 1. The van der Waals surface area contributed by atoms with Crippen molar-refractivity contribution in [3.63, 3.8) is 0 Å². The minimum Gasteiger partial charge on any atom is -0.466 e.